The monoisotopic (exact) mass is 537 g/mol. The molecule has 2 heterocycles. The zero-order valence-corrected chi connectivity index (χ0v) is 23.2. The number of ether oxygens (including phenoxy) is 4. The van der Waals surface area contributed by atoms with E-state index in [0.29, 0.717) is 54.6 Å². The van der Waals surface area contributed by atoms with Gasteiger partial charge in [-0.2, -0.15) is 0 Å². The van der Waals surface area contributed by atoms with Crippen LogP contribution >= 0.6 is 0 Å². The molecule has 0 unspecified atom stereocenters. The van der Waals surface area contributed by atoms with Gasteiger partial charge in [-0.3, -0.25) is 4.79 Å². The highest BCUT2D eigenvalue weighted by molar-refractivity contribution is 6.11. The number of hydrogen-bond donors (Lipinski definition) is 1. The molecule has 1 amide bonds. The zero-order valence-electron chi connectivity index (χ0n) is 23.2. The summed E-state index contributed by atoms with van der Waals surface area (Å²) in [6.07, 6.45) is 0.888. The fourth-order valence-corrected chi connectivity index (χ4v) is 4.39. The van der Waals surface area contributed by atoms with Crippen molar-refractivity contribution in [3.05, 3.63) is 53.7 Å². The Hall–Kier alpha value is -4.28. The molecule has 4 rings (SSSR count). The fraction of sp³-hybridized carbons (Fsp3) is 0.429. The van der Waals surface area contributed by atoms with Crippen molar-refractivity contribution in [3.63, 3.8) is 0 Å². The molecule has 39 heavy (non-hydrogen) atoms. The Morgan fingerprint density at radius 1 is 0.923 bits per heavy atom. The van der Waals surface area contributed by atoms with Gasteiger partial charge in [0.15, 0.2) is 23.0 Å². The molecule has 0 radical (unpaired) electrons. The number of hydrogen-bond acceptors (Lipinski definition) is 9. The van der Waals surface area contributed by atoms with E-state index in [0.717, 1.165) is 5.69 Å². The first-order valence-corrected chi connectivity index (χ1v) is 12.8. The summed E-state index contributed by atoms with van der Waals surface area (Å²) in [6.45, 7) is 6.64. The number of nitrogens with one attached hydrogen (secondary N) is 1. The highest BCUT2D eigenvalue weighted by Crippen LogP contribution is 2.39. The number of alkyl carbamates (subject to hydrolysis) is 1. The van der Waals surface area contributed by atoms with Crippen LogP contribution in [0.5, 0.6) is 17.2 Å². The molecule has 1 N–H and O–H groups in total. The van der Waals surface area contributed by atoms with Crippen molar-refractivity contribution in [2.24, 2.45) is 0 Å². The molecule has 1 aromatic heterocycles. The summed E-state index contributed by atoms with van der Waals surface area (Å²) in [5.74, 6) is 1.26. The van der Waals surface area contributed by atoms with Gasteiger partial charge in [0.25, 0.3) is 0 Å². The van der Waals surface area contributed by atoms with Gasteiger partial charge in [0.05, 0.1) is 27.0 Å². The molecule has 1 aliphatic rings. The van der Waals surface area contributed by atoms with Gasteiger partial charge in [0.2, 0.25) is 11.5 Å². The van der Waals surface area contributed by atoms with E-state index in [4.69, 9.17) is 24.0 Å². The molecular formula is C28H35N5O6. The lowest BCUT2D eigenvalue weighted by molar-refractivity contribution is 0.0497. The topological polar surface area (TPSA) is 117 Å². The molecule has 1 fully saturated rings. The van der Waals surface area contributed by atoms with E-state index in [1.165, 1.54) is 26.1 Å². The summed E-state index contributed by atoms with van der Waals surface area (Å²) in [7, 11) is 4.50. The standard InChI is InChI=1S/C28H35N5O6/c1-28(2,3)39-27(35)29-19-12-14-32(15-13-19)26-23(30-33(31-26)20-10-8-7-9-11-20)24(34)18-16-21(36-4)25(38-6)22(17-18)37-5/h7-11,16-17,19H,12-15H2,1-6H3,(H,29,35). The van der Waals surface area contributed by atoms with Crippen molar-refractivity contribution in [1.29, 1.82) is 0 Å². The molecule has 2 aromatic carbocycles. The summed E-state index contributed by atoms with van der Waals surface area (Å²) >= 11 is 0. The maximum atomic E-state index is 13.9. The van der Waals surface area contributed by atoms with Crippen molar-refractivity contribution in [2.75, 3.05) is 39.3 Å². The van der Waals surface area contributed by atoms with Crippen molar-refractivity contribution >= 4 is 17.7 Å². The normalized spacial score (nSPS) is 14.1. The third-order valence-corrected chi connectivity index (χ3v) is 6.24. The van der Waals surface area contributed by atoms with Crippen molar-refractivity contribution in [2.45, 2.75) is 45.3 Å². The van der Waals surface area contributed by atoms with Gasteiger partial charge in [0.1, 0.15) is 5.60 Å². The largest absolute Gasteiger partial charge is 0.493 e. The third kappa shape index (κ3) is 6.42. The number of carbonyl (C=O) groups is 2. The molecule has 11 heteroatoms. The molecule has 0 saturated carbocycles. The van der Waals surface area contributed by atoms with E-state index >= 15 is 0 Å². The lowest BCUT2D eigenvalue weighted by Gasteiger charge is -2.33. The molecule has 0 aliphatic carbocycles. The number of benzene rings is 2. The lowest BCUT2D eigenvalue weighted by Crippen LogP contribution is -2.46. The van der Waals surface area contributed by atoms with Gasteiger partial charge in [-0.15, -0.1) is 15.0 Å². The van der Waals surface area contributed by atoms with Crippen LogP contribution in [0.2, 0.25) is 0 Å². The Balaban J connectivity index is 1.63. The first-order valence-electron chi connectivity index (χ1n) is 12.8. The highest BCUT2D eigenvalue weighted by atomic mass is 16.6. The Bertz CT molecular complexity index is 1280. The maximum Gasteiger partial charge on any atom is 0.407 e. The van der Waals surface area contributed by atoms with E-state index < -0.39 is 11.7 Å². The highest BCUT2D eigenvalue weighted by Gasteiger charge is 2.30. The number of anilines is 1. The van der Waals surface area contributed by atoms with Crippen LogP contribution < -0.4 is 24.4 Å². The van der Waals surface area contributed by atoms with Gasteiger partial charge in [-0.25, -0.2) is 4.79 Å². The molecule has 3 aromatic rings. The van der Waals surface area contributed by atoms with Gasteiger partial charge in [0, 0.05) is 24.7 Å². The van der Waals surface area contributed by atoms with Crippen molar-refractivity contribution in [3.8, 4) is 22.9 Å². The van der Waals surface area contributed by atoms with E-state index in [2.05, 4.69) is 10.4 Å². The minimum atomic E-state index is -0.567. The number of para-hydroxylation sites is 1. The first-order chi connectivity index (χ1) is 18.6. The molecule has 1 aliphatic heterocycles. The number of rotatable bonds is 8. The second kappa shape index (κ2) is 11.6. The number of nitrogens with zero attached hydrogens (tertiary/aromatic N) is 4. The summed E-state index contributed by atoms with van der Waals surface area (Å²) in [5.41, 5.74) is 0.686. The number of piperidine rings is 1. The summed E-state index contributed by atoms with van der Waals surface area (Å²) in [4.78, 5) is 29.6. The van der Waals surface area contributed by atoms with Crippen LogP contribution in [0.4, 0.5) is 10.6 Å². The molecular weight excluding hydrogens is 502 g/mol. The first kappa shape index (κ1) is 27.7. The Kier molecular flexibility index (Phi) is 8.27. The summed E-state index contributed by atoms with van der Waals surface area (Å²) in [6, 6.07) is 12.6. The van der Waals surface area contributed by atoms with Crippen LogP contribution in [0.1, 0.15) is 49.7 Å². The predicted molar refractivity (Wildman–Crippen MR) is 145 cm³/mol. The number of methoxy groups -OCH3 is 3. The van der Waals surface area contributed by atoms with E-state index in [1.54, 1.807) is 12.1 Å². The van der Waals surface area contributed by atoms with Gasteiger partial charge in [-0.05, 0) is 57.9 Å². The molecule has 0 spiro atoms. The van der Waals surface area contributed by atoms with E-state index in [-0.39, 0.29) is 17.5 Å². The Labute approximate surface area is 228 Å². The fourth-order valence-electron chi connectivity index (χ4n) is 4.39. The lowest BCUT2D eigenvalue weighted by atomic mass is 10.0. The van der Waals surface area contributed by atoms with Gasteiger partial charge >= 0.3 is 6.09 Å². The maximum absolute atomic E-state index is 13.9. The molecule has 11 nitrogen and oxygen atoms in total. The average molecular weight is 538 g/mol. The molecule has 0 atom stereocenters. The van der Waals surface area contributed by atoms with Crippen molar-refractivity contribution in [1.82, 2.24) is 20.3 Å². The van der Waals surface area contributed by atoms with E-state index in [1.807, 2.05) is 56.0 Å². The second-order valence-corrected chi connectivity index (χ2v) is 10.1. The van der Waals surface area contributed by atoms with Gasteiger partial charge in [-0.1, -0.05) is 18.2 Å². The second-order valence-electron chi connectivity index (χ2n) is 10.1. The quantitative estimate of drug-likeness (QED) is 0.425. The van der Waals surface area contributed by atoms with E-state index in [9.17, 15) is 9.59 Å². The smallest absolute Gasteiger partial charge is 0.407 e. The molecule has 1 saturated heterocycles. The van der Waals surface area contributed by atoms with Crippen LogP contribution in [0.3, 0.4) is 0 Å². The number of amides is 1. The third-order valence-electron chi connectivity index (χ3n) is 6.24. The van der Waals surface area contributed by atoms with Crippen LogP contribution in [-0.2, 0) is 4.74 Å². The molecule has 0 bridgehead atoms. The number of aromatic nitrogens is 3. The Morgan fingerprint density at radius 3 is 2.08 bits per heavy atom. The predicted octanol–water partition coefficient (Wildman–Crippen LogP) is 4.02. The minimum Gasteiger partial charge on any atom is -0.493 e. The van der Waals surface area contributed by atoms with Crippen molar-refractivity contribution < 1.29 is 28.5 Å². The Morgan fingerprint density at radius 2 is 1.54 bits per heavy atom. The average Bonchev–Trinajstić information content (AvgIpc) is 3.37. The van der Waals surface area contributed by atoms with Crippen LogP contribution in [-0.4, -0.2) is 72.9 Å². The number of ketones is 1. The molecule has 208 valence electrons. The van der Waals surface area contributed by atoms with Crippen LogP contribution in [0.25, 0.3) is 5.69 Å². The van der Waals surface area contributed by atoms with Crippen LogP contribution in [0.15, 0.2) is 42.5 Å². The summed E-state index contributed by atoms with van der Waals surface area (Å²) < 4.78 is 21.7. The minimum absolute atomic E-state index is 0.0467. The zero-order chi connectivity index (χ0) is 28.2. The summed E-state index contributed by atoms with van der Waals surface area (Å²) in [5, 5.41) is 12.3. The SMILES string of the molecule is COc1cc(C(=O)c2nn(-c3ccccc3)nc2N2CCC(NC(=O)OC(C)(C)C)CC2)cc(OC)c1OC. The van der Waals surface area contributed by atoms with Gasteiger partial charge < -0.3 is 29.2 Å². The van der Waals surface area contributed by atoms with Crippen LogP contribution in [0, 0.1) is 0 Å². The number of carbonyl (C=O) groups excluding carboxylic acids is 2.